The van der Waals surface area contributed by atoms with Gasteiger partial charge in [0, 0.05) is 6.42 Å². The minimum absolute atomic E-state index is 0.167. The number of rotatable bonds is 5. The van der Waals surface area contributed by atoms with Crippen LogP contribution in [0.25, 0.3) is 0 Å². The van der Waals surface area contributed by atoms with Crippen molar-refractivity contribution >= 4 is 5.78 Å². The van der Waals surface area contributed by atoms with E-state index in [4.69, 9.17) is 0 Å². The minimum atomic E-state index is 0.167. The number of carbonyl (C=O) groups excluding carboxylic acids is 1. The molecule has 0 N–H and O–H groups in total. The van der Waals surface area contributed by atoms with Crippen LogP contribution < -0.4 is 0 Å². The van der Waals surface area contributed by atoms with Crippen LogP contribution in [0.4, 0.5) is 0 Å². The predicted octanol–water partition coefficient (Wildman–Crippen LogP) is 3.26. The molecule has 1 aromatic carbocycles. The van der Waals surface area contributed by atoms with Gasteiger partial charge in [0.25, 0.3) is 0 Å². The molecule has 0 aliphatic rings. The van der Waals surface area contributed by atoms with E-state index in [-0.39, 0.29) is 5.78 Å². The quantitative estimate of drug-likeness (QED) is 0.836. The van der Waals surface area contributed by atoms with Gasteiger partial charge in [0.2, 0.25) is 0 Å². The first-order chi connectivity index (χ1) is 9.54. The molecule has 0 amide bonds. The molecule has 2 rings (SSSR count). The number of aryl methyl sites for hydroxylation is 1. The summed E-state index contributed by atoms with van der Waals surface area (Å²) in [6.45, 7) is 6.21. The van der Waals surface area contributed by atoms with Crippen molar-refractivity contribution in [1.82, 2.24) is 10.2 Å². The third-order valence-electron chi connectivity index (χ3n) is 3.28. The molecule has 0 aliphatic heterocycles. The highest BCUT2D eigenvalue weighted by Gasteiger charge is 2.07. The van der Waals surface area contributed by atoms with E-state index < -0.39 is 0 Å². The topological polar surface area (TPSA) is 42.9 Å². The number of carbonyl (C=O) groups is 1. The maximum absolute atomic E-state index is 12.0. The van der Waals surface area contributed by atoms with Gasteiger partial charge in [-0.25, -0.2) is 0 Å². The number of aromatic nitrogens is 2. The number of hydrogen-bond donors (Lipinski definition) is 0. The van der Waals surface area contributed by atoms with Gasteiger partial charge in [-0.1, -0.05) is 38.1 Å². The molecule has 0 saturated carbocycles. The van der Waals surface area contributed by atoms with E-state index in [0.717, 1.165) is 17.0 Å². The second-order valence-corrected chi connectivity index (χ2v) is 5.45. The third kappa shape index (κ3) is 3.98. The largest absolute Gasteiger partial charge is 0.299 e. The monoisotopic (exact) mass is 268 g/mol. The van der Waals surface area contributed by atoms with Crippen LogP contribution in [0.3, 0.4) is 0 Å². The molecular formula is C17H20N2O. The van der Waals surface area contributed by atoms with E-state index in [1.54, 1.807) is 0 Å². The number of ketones is 1. The van der Waals surface area contributed by atoms with Gasteiger partial charge in [-0.3, -0.25) is 4.79 Å². The fourth-order valence-corrected chi connectivity index (χ4v) is 2.03. The summed E-state index contributed by atoms with van der Waals surface area (Å²) in [7, 11) is 0. The molecule has 20 heavy (non-hydrogen) atoms. The zero-order valence-electron chi connectivity index (χ0n) is 12.3. The Hall–Kier alpha value is -2.03. The second kappa shape index (κ2) is 6.42. The summed E-state index contributed by atoms with van der Waals surface area (Å²) >= 11 is 0. The van der Waals surface area contributed by atoms with Crippen molar-refractivity contribution in [2.24, 2.45) is 0 Å². The Labute approximate surface area is 120 Å². The van der Waals surface area contributed by atoms with E-state index >= 15 is 0 Å². The van der Waals surface area contributed by atoms with Crippen LogP contribution in [-0.2, 0) is 17.6 Å². The van der Waals surface area contributed by atoms with E-state index in [1.807, 2.05) is 31.2 Å². The molecule has 2 aromatic rings. The first-order valence-corrected chi connectivity index (χ1v) is 6.94. The van der Waals surface area contributed by atoms with Crippen molar-refractivity contribution < 1.29 is 4.79 Å². The van der Waals surface area contributed by atoms with Gasteiger partial charge in [-0.15, -0.1) is 0 Å². The van der Waals surface area contributed by atoms with E-state index in [2.05, 4.69) is 36.2 Å². The van der Waals surface area contributed by atoms with Gasteiger partial charge in [-0.2, -0.15) is 10.2 Å². The van der Waals surface area contributed by atoms with Crippen LogP contribution in [0.5, 0.6) is 0 Å². The Morgan fingerprint density at radius 3 is 2.25 bits per heavy atom. The maximum atomic E-state index is 12.0. The van der Waals surface area contributed by atoms with Crippen LogP contribution in [0.2, 0.25) is 0 Å². The molecule has 1 aromatic heterocycles. The Balaban J connectivity index is 1.95. The maximum Gasteiger partial charge on any atom is 0.143 e. The fourth-order valence-electron chi connectivity index (χ4n) is 2.03. The summed E-state index contributed by atoms with van der Waals surface area (Å²) in [5, 5.41) is 7.99. The van der Waals surface area contributed by atoms with Crippen LogP contribution in [0.1, 0.15) is 42.3 Å². The van der Waals surface area contributed by atoms with Gasteiger partial charge in [0.05, 0.1) is 17.8 Å². The molecule has 0 bridgehead atoms. The lowest BCUT2D eigenvalue weighted by Gasteiger charge is -2.06. The molecule has 1 heterocycles. The normalized spacial score (nSPS) is 10.8. The summed E-state index contributed by atoms with van der Waals surface area (Å²) in [6, 6.07) is 12.0. The summed E-state index contributed by atoms with van der Waals surface area (Å²) in [6.07, 6.45) is 0.799. The standard InChI is InChI=1S/C17H20N2O/c1-12(2)15-7-5-14(6-8-15)10-17(20)11-16-9-4-13(3)18-19-16/h4-9,12H,10-11H2,1-3H3. The smallest absolute Gasteiger partial charge is 0.143 e. The van der Waals surface area contributed by atoms with Crippen LogP contribution >= 0.6 is 0 Å². The van der Waals surface area contributed by atoms with Crippen molar-refractivity contribution in [3.8, 4) is 0 Å². The SMILES string of the molecule is Cc1ccc(CC(=O)Cc2ccc(C(C)C)cc2)nn1. The zero-order chi connectivity index (χ0) is 14.5. The lowest BCUT2D eigenvalue weighted by atomic mass is 9.99. The Morgan fingerprint density at radius 1 is 1.00 bits per heavy atom. The number of Topliss-reactive ketones (excluding diaryl/α,β-unsaturated/α-hetero) is 1. The molecule has 3 nitrogen and oxygen atoms in total. The summed E-state index contributed by atoms with van der Waals surface area (Å²) in [5.74, 6) is 0.683. The van der Waals surface area contributed by atoms with Crippen molar-refractivity contribution in [1.29, 1.82) is 0 Å². The van der Waals surface area contributed by atoms with Gasteiger partial charge in [0.1, 0.15) is 5.78 Å². The summed E-state index contributed by atoms with van der Waals surface area (Å²) < 4.78 is 0. The highest BCUT2D eigenvalue weighted by atomic mass is 16.1. The van der Waals surface area contributed by atoms with Crippen LogP contribution in [0, 0.1) is 6.92 Å². The Bertz CT molecular complexity index is 571. The van der Waals surface area contributed by atoms with Gasteiger partial charge < -0.3 is 0 Å². The van der Waals surface area contributed by atoms with Crippen molar-refractivity contribution in [2.75, 3.05) is 0 Å². The minimum Gasteiger partial charge on any atom is -0.299 e. The molecule has 0 fully saturated rings. The Morgan fingerprint density at radius 2 is 1.70 bits per heavy atom. The highest BCUT2D eigenvalue weighted by molar-refractivity contribution is 5.82. The summed E-state index contributed by atoms with van der Waals surface area (Å²) in [4.78, 5) is 12.0. The number of nitrogens with zero attached hydrogens (tertiary/aromatic N) is 2. The second-order valence-electron chi connectivity index (χ2n) is 5.45. The average Bonchev–Trinajstić information content (AvgIpc) is 2.42. The van der Waals surface area contributed by atoms with Gasteiger partial charge >= 0.3 is 0 Å². The van der Waals surface area contributed by atoms with Crippen molar-refractivity contribution in [2.45, 2.75) is 39.5 Å². The number of hydrogen-bond acceptors (Lipinski definition) is 3. The highest BCUT2D eigenvalue weighted by Crippen LogP contribution is 2.15. The van der Waals surface area contributed by atoms with Crippen molar-refractivity contribution in [3.63, 3.8) is 0 Å². The van der Waals surface area contributed by atoms with E-state index in [0.29, 0.717) is 18.8 Å². The van der Waals surface area contributed by atoms with E-state index in [1.165, 1.54) is 5.56 Å². The Kier molecular flexibility index (Phi) is 4.61. The first kappa shape index (κ1) is 14.4. The molecule has 0 saturated heterocycles. The number of benzene rings is 1. The fraction of sp³-hybridized carbons (Fsp3) is 0.353. The third-order valence-corrected chi connectivity index (χ3v) is 3.28. The van der Waals surface area contributed by atoms with Crippen molar-refractivity contribution in [3.05, 3.63) is 58.9 Å². The van der Waals surface area contributed by atoms with Crippen LogP contribution in [0.15, 0.2) is 36.4 Å². The molecular weight excluding hydrogens is 248 g/mol. The summed E-state index contributed by atoms with van der Waals surface area (Å²) in [5.41, 5.74) is 3.95. The average molecular weight is 268 g/mol. The van der Waals surface area contributed by atoms with E-state index in [9.17, 15) is 4.79 Å². The molecule has 0 spiro atoms. The molecule has 0 unspecified atom stereocenters. The molecule has 0 radical (unpaired) electrons. The predicted molar refractivity (Wildman–Crippen MR) is 79.7 cm³/mol. The zero-order valence-corrected chi connectivity index (χ0v) is 12.3. The lowest BCUT2D eigenvalue weighted by molar-refractivity contribution is -0.117. The lowest BCUT2D eigenvalue weighted by Crippen LogP contribution is -2.08. The molecule has 0 aliphatic carbocycles. The first-order valence-electron chi connectivity index (χ1n) is 6.94. The van der Waals surface area contributed by atoms with Crippen LogP contribution in [-0.4, -0.2) is 16.0 Å². The van der Waals surface area contributed by atoms with Gasteiger partial charge in [-0.05, 0) is 36.1 Å². The molecule has 0 atom stereocenters. The van der Waals surface area contributed by atoms with Gasteiger partial charge in [0.15, 0.2) is 0 Å². The molecule has 104 valence electrons. The molecule has 3 heteroatoms.